The van der Waals surface area contributed by atoms with Gasteiger partial charge in [0.15, 0.2) is 0 Å². The lowest BCUT2D eigenvalue weighted by Crippen LogP contribution is -2.29. The Morgan fingerprint density at radius 2 is 1.72 bits per heavy atom. The minimum Gasteiger partial charge on any atom is -0.220 e. The summed E-state index contributed by atoms with van der Waals surface area (Å²) in [5.41, 5.74) is 1.25. The average molecular weight is 387 g/mol. The molecule has 1 aromatic carbocycles. The van der Waals surface area contributed by atoms with Crippen molar-refractivity contribution in [1.82, 2.24) is 14.8 Å². The molecular weight excluding hydrogens is 375 g/mol. The molecule has 0 N–H and O–H groups in total. The zero-order valence-electron chi connectivity index (χ0n) is 12.9. The van der Waals surface area contributed by atoms with Crippen LogP contribution < -0.4 is 0 Å². The number of benzene rings is 1. The summed E-state index contributed by atoms with van der Waals surface area (Å²) in [7, 11) is 0. The number of thioether (sulfide) groups is 1. The highest BCUT2D eigenvalue weighted by atomic mass is 32.2. The predicted molar refractivity (Wildman–Crippen MR) is 77.5 cm³/mol. The summed E-state index contributed by atoms with van der Waals surface area (Å²) < 4.78 is 89.3. The Morgan fingerprint density at radius 3 is 2.24 bits per heavy atom. The van der Waals surface area contributed by atoms with Gasteiger partial charge in [0.05, 0.1) is 11.4 Å². The molecule has 0 saturated carbocycles. The van der Waals surface area contributed by atoms with E-state index in [2.05, 4.69) is 10.1 Å². The third-order valence-corrected chi connectivity index (χ3v) is 4.51. The zero-order valence-corrected chi connectivity index (χ0v) is 13.7. The molecule has 0 spiro atoms. The highest BCUT2D eigenvalue weighted by Gasteiger charge is 2.40. The van der Waals surface area contributed by atoms with Gasteiger partial charge in [-0.2, -0.15) is 22.0 Å². The van der Waals surface area contributed by atoms with E-state index in [9.17, 15) is 30.7 Å². The molecule has 2 aromatic rings. The third kappa shape index (κ3) is 4.44. The number of aryl methyl sites for hydroxylation is 2. The second-order valence-electron chi connectivity index (χ2n) is 5.27. The van der Waals surface area contributed by atoms with E-state index in [1.165, 1.54) is 6.07 Å². The van der Waals surface area contributed by atoms with Crippen LogP contribution in [0.25, 0.3) is 5.69 Å². The molecule has 0 fully saturated rings. The van der Waals surface area contributed by atoms with Crippen LogP contribution in [-0.4, -0.2) is 32.9 Å². The summed E-state index contributed by atoms with van der Waals surface area (Å²) in [6.07, 6.45) is -7.67. The molecule has 0 bridgehead atoms. The fraction of sp³-hybridized carbons (Fsp3) is 0.429. The standard InChI is InChI=1S/C14H12F7N3S/c1-7-3-8(2)10(25-5-13(17,18)11(15)16)4-9(7)24-6-22-12(23-24)14(19,20)21/h3-4,6,11H,5H2,1-2H3. The number of rotatable bonds is 5. The smallest absolute Gasteiger partial charge is 0.220 e. The van der Waals surface area contributed by atoms with Crippen molar-refractivity contribution in [3.05, 3.63) is 35.4 Å². The van der Waals surface area contributed by atoms with Crippen molar-refractivity contribution >= 4 is 11.8 Å². The average Bonchev–Trinajstić information content (AvgIpc) is 2.95. The van der Waals surface area contributed by atoms with Gasteiger partial charge in [0, 0.05) is 4.90 Å². The number of hydrogen-bond donors (Lipinski definition) is 0. The molecule has 0 aliphatic heterocycles. The minimum absolute atomic E-state index is 0.191. The summed E-state index contributed by atoms with van der Waals surface area (Å²) in [5.74, 6) is -6.66. The number of halogens is 7. The maximum atomic E-state index is 13.1. The fourth-order valence-corrected chi connectivity index (χ4v) is 2.93. The van der Waals surface area contributed by atoms with E-state index < -0.39 is 30.1 Å². The first-order chi connectivity index (χ1) is 11.4. The summed E-state index contributed by atoms with van der Waals surface area (Å²) in [5, 5.41) is 3.32. The third-order valence-electron chi connectivity index (χ3n) is 3.23. The van der Waals surface area contributed by atoms with Gasteiger partial charge in [-0.15, -0.1) is 16.9 Å². The molecule has 0 amide bonds. The summed E-state index contributed by atoms with van der Waals surface area (Å²) in [6.45, 7) is 3.18. The molecule has 0 radical (unpaired) electrons. The molecule has 0 unspecified atom stereocenters. The first-order valence-corrected chi connectivity index (χ1v) is 7.79. The van der Waals surface area contributed by atoms with Gasteiger partial charge in [0.1, 0.15) is 6.33 Å². The van der Waals surface area contributed by atoms with Crippen molar-refractivity contribution < 1.29 is 30.7 Å². The van der Waals surface area contributed by atoms with Crippen LogP contribution in [0.15, 0.2) is 23.4 Å². The van der Waals surface area contributed by atoms with Crippen LogP contribution >= 0.6 is 11.8 Å². The number of aromatic nitrogens is 3. The lowest BCUT2D eigenvalue weighted by Gasteiger charge is -2.16. The van der Waals surface area contributed by atoms with Crippen LogP contribution in [0.2, 0.25) is 0 Å². The summed E-state index contributed by atoms with van der Waals surface area (Å²) in [6, 6.07) is 2.87. The number of hydrogen-bond acceptors (Lipinski definition) is 3. The Balaban J connectivity index is 2.33. The summed E-state index contributed by atoms with van der Waals surface area (Å²) >= 11 is 0.498. The maximum Gasteiger partial charge on any atom is 0.453 e. The van der Waals surface area contributed by atoms with Gasteiger partial charge in [0.25, 0.3) is 5.82 Å². The molecule has 0 aliphatic carbocycles. The first kappa shape index (κ1) is 19.5. The van der Waals surface area contributed by atoms with Gasteiger partial charge in [0.2, 0.25) is 0 Å². The van der Waals surface area contributed by atoms with Gasteiger partial charge < -0.3 is 0 Å². The fourth-order valence-electron chi connectivity index (χ4n) is 1.97. The lowest BCUT2D eigenvalue weighted by atomic mass is 10.1. The van der Waals surface area contributed by atoms with Gasteiger partial charge in [-0.05, 0) is 31.0 Å². The molecule has 0 saturated heterocycles. The van der Waals surface area contributed by atoms with Crippen LogP contribution in [0.5, 0.6) is 0 Å². The van der Waals surface area contributed by atoms with Crippen LogP contribution in [0.1, 0.15) is 17.0 Å². The minimum atomic E-state index is -4.72. The van der Waals surface area contributed by atoms with Crippen molar-refractivity contribution in [1.29, 1.82) is 0 Å². The number of nitrogens with zero attached hydrogens (tertiary/aromatic N) is 3. The Bertz CT molecular complexity index is 755. The first-order valence-electron chi connectivity index (χ1n) is 6.81. The molecule has 11 heteroatoms. The van der Waals surface area contributed by atoms with Gasteiger partial charge >= 0.3 is 18.5 Å². The Kier molecular flexibility index (Phi) is 5.35. The monoisotopic (exact) mass is 387 g/mol. The van der Waals surface area contributed by atoms with E-state index in [0.717, 1.165) is 11.0 Å². The van der Waals surface area contributed by atoms with Crippen molar-refractivity contribution in [2.75, 3.05) is 5.75 Å². The van der Waals surface area contributed by atoms with Crippen molar-refractivity contribution in [3.63, 3.8) is 0 Å². The molecule has 3 nitrogen and oxygen atoms in total. The van der Waals surface area contributed by atoms with Crippen molar-refractivity contribution in [2.24, 2.45) is 0 Å². The molecule has 25 heavy (non-hydrogen) atoms. The maximum absolute atomic E-state index is 13.1. The quantitative estimate of drug-likeness (QED) is 0.540. The topological polar surface area (TPSA) is 30.7 Å². The summed E-state index contributed by atoms with van der Waals surface area (Å²) in [4.78, 5) is 3.41. The second kappa shape index (κ2) is 6.85. The van der Waals surface area contributed by atoms with E-state index in [1.54, 1.807) is 19.9 Å². The van der Waals surface area contributed by atoms with Gasteiger partial charge in [-0.3, -0.25) is 0 Å². The van der Waals surface area contributed by atoms with Gasteiger partial charge in [-0.1, -0.05) is 6.07 Å². The second-order valence-corrected chi connectivity index (χ2v) is 6.28. The lowest BCUT2D eigenvalue weighted by molar-refractivity contribution is -0.144. The Morgan fingerprint density at radius 1 is 1.08 bits per heavy atom. The highest BCUT2D eigenvalue weighted by molar-refractivity contribution is 7.99. The van der Waals surface area contributed by atoms with E-state index in [0.29, 0.717) is 22.9 Å². The molecular formula is C14H12F7N3S. The highest BCUT2D eigenvalue weighted by Crippen LogP contribution is 2.34. The molecule has 2 rings (SSSR count). The molecule has 0 aliphatic rings. The van der Waals surface area contributed by atoms with Crippen LogP contribution in [0.4, 0.5) is 30.7 Å². The Hall–Kier alpha value is -1.78. The normalized spacial score (nSPS) is 12.9. The SMILES string of the molecule is Cc1cc(C)c(-n2cnc(C(F)(F)F)n2)cc1SCC(F)(F)C(F)F. The number of alkyl halides is 7. The van der Waals surface area contributed by atoms with Crippen molar-refractivity contribution in [2.45, 2.75) is 37.3 Å². The van der Waals surface area contributed by atoms with Crippen LogP contribution in [0, 0.1) is 13.8 Å². The molecule has 138 valence electrons. The predicted octanol–water partition coefficient (Wildman–Crippen LogP) is 4.90. The van der Waals surface area contributed by atoms with E-state index >= 15 is 0 Å². The van der Waals surface area contributed by atoms with Gasteiger partial charge in [-0.25, -0.2) is 18.4 Å². The van der Waals surface area contributed by atoms with E-state index in [4.69, 9.17) is 0 Å². The largest absolute Gasteiger partial charge is 0.453 e. The van der Waals surface area contributed by atoms with Crippen LogP contribution in [-0.2, 0) is 6.18 Å². The van der Waals surface area contributed by atoms with E-state index in [-0.39, 0.29) is 10.6 Å². The molecule has 0 atom stereocenters. The Labute approximate surface area is 142 Å². The molecule has 1 heterocycles. The van der Waals surface area contributed by atoms with Crippen molar-refractivity contribution in [3.8, 4) is 5.69 Å². The van der Waals surface area contributed by atoms with E-state index in [1.807, 2.05) is 0 Å². The zero-order chi connectivity index (χ0) is 19.0. The van der Waals surface area contributed by atoms with Crippen LogP contribution in [0.3, 0.4) is 0 Å². The molecule has 1 aromatic heterocycles.